The monoisotopic (exact) mass is 430 g/mol. The summed E-state index contributed by atoms with van der Waals surface area (Å²) in [6.45, 7) is 9.53. The number of carbonyl (C=O) groups excluding carboxylic acids is 1. The van der Waals surface area contributed by atoms with E-state index < -0.39 is 11.6 Å². The second kappa shape index (κ2) is 10.6. The molecule has 1 aliphatic heterocycles. The van der Waals surface area contributed by atoms with Gasteiger partial charge in [0.05, 0.1) is 22.7 Å². The average molecular weight is 431 g/mol. The van der Waals surface area contributed by atoms with Crippen LogP contribution in [-0.4, -0.2) is 70.5 Å². The van der Waals surface area contributed by atoms with Crippen LogP contribution in [0.2, 0.25) is 0 Å². The maximum absolute atomic E-state index is 14.0. The van der Waals surface area contributed by atoms with Crippen LogP contribution in [-0.2, 0) is 11.3 Å². The van der Waals surface area contributed by atoms with Gasteiger partial charge in [-0.2, -0.15) is 0 Å². The molecule has 1 aromatic carbocycles. The molecule has 1 amide bonds. The number of unbranched alkanes of at least 4 members (excludes halogenated alkanes) is 1. The second-order valence-electron chi connectivity index (χ2n) is 9.15. The summed E-state index contributed by atoms with van der Waals surface area (Å²) in [4.78, 5) is 20.7. The number of hydrogen-bond acceptors (Lipinski definition) is 5. The van der Waals surface area contributed by atoms with Crippen molar-refractivity contribution in [2.75, 3.05) is 33.4 Å². The lowest BCUT2D eigenvalue weighted by atomic mass is 9.82. The Morgan fingerprint density at radius 3 is 2.74 bits per heavy atom. The van der Waals surface area contributed by atoms with Gasteiger partial charge in [0, 0.05) is 33.4 Å². The highest BCUT2D eigenvalue weighted by molar-refractivity contribution is 5.95. The van der Waals surface area contributed by atoms with Gasteiger partial charge in [0.25, 0.3) is 5.91 Å². The zero-order chi connectivity index (χ0) is 22.4. The maximum Gasteiger partial charge on any atom is 0.290 e. The zero-order valence-corrected chi connectivity index (χ0v) is 19.4. The summed E-state index contributed by atoms with van der Waals surface area (Å²) in [7, 11) is 1.71. The van der Waals surface area contributed by atoms with Crippen molar-refractivity contribution in [2.24, 2.45) is 5.92 Å². The Balaban J connectivity index is 2.02. The third-order valence-corrected chi connectivity index (χ3v) is 6.33. The number of nitrogens with one attached hydrogen (secondary N) is 1. The van der Waals surface area contributed by atoms with Gasteiger partial charge in [-0.25, -0.2) is 4.98 Å². The predicted octanol–water partition coefficient (Wildman–Crippen LogP) is 3.06. The molecule has 1 aliphatic rings. The fraction of sp³-hybridized carbons (Fsp3) is 0.667. The minimum Gasteiger partial charge on any atom is -0.391 e. The molecule has 31 heavy (non-hydrogen) atoms. The average Bonchev–Trinajstić information content (AvgIpc) is 3.13. The SMILES string of the molecule is COCCCCn1c(C(=O)N(CC(C)C)[C@]2(C(C)O)CCCNC2)nc2ccccc21. The van der Waals surface area contributed by atoms with E-state index in [-0.39, 0.29) is 11.8 Å². The molecule has 2 N–H and O–H groups in total. The fourth-order valence-electron chi connectivity index (χ4n) is 4.66. The van der Waals surface area contributed by atoms with Crippen LogP contribution in [0.25, 0.3) is 11.0 Å². The first-order valence-electron chi connectivity index (χ1n) is 11.6. The van der Waals surface area contributed by atoms with Crippen LogP contribution >= 0.6 is 0 Å². The lowest BCUT2D eigenvalue weighted by Crippen LogP contribution is -2.65. The number of benzene rings is 1. The molecule has 1 fully saturated rings. The molecule has 172 valence electrons. The number of aromatic nitrogens is 2. The number of aliphatic hydroxyl groups is 1. The molecule has 0 saturated carbocycles. The van der Waals surface area contributed by atoms with E-state index in [1.807, 2.05) is 33.7 Å². The lowest BCUT2D eigenvalue weighted by molar-refractivity contribution is -0.0317. The van der Waals surface area contributed by atoms with E-state index in [0.29, 0.717) is 32.1 Å². The van der Waals surface area contributed by atoms with Gasteiger partial charge in [-0.3, -0.25) is 4.79 Å². The third kappa shape index (κ3) is 5.10. The largest absolute Gasteiger partial charge is 0.391 e. The van der Waals surface area contributed by atoms with Crippen molar-refractivity contribution >= 4 is 16.9 Å². The van der Waals surface area contributed by atoms with Gasteiger partial charge >= 0.3 is 0 Å². The van der Waals surface area contributed by atoms with Crippen LogP contribution in [0.4, 0.5) is 0 Å². The van der Waals surface area contributed by atoms with E-state index in [9.17, 15) is 9.90 Å². The smallest absolute Gasteiger partial charge is 0.290 e. The number of ether oxygens (including phenoxy) is 1. The molecule has 1 aromatic heterocycles. The number of carbonyl (C=O) groups is 1. The van der Waals surface area contributed by atoms with E-state index in [2.05, 4.69) is 19.2 Å². The number of rotatable bonds is 10. The molecule has 0 radical (unpaired) electrons. The topological polar surface area (TPSA) is 79.6 Å². The molecule has 7 nitrogen and oxygen atoms in total. The summed E-state index contributed by atoms with van der Waals surface area (Å²) < 4.78 is 7.24. The molecule has 2 heterocycles. The van der Waals surface area contributed by atoms with Crippen LogP contribution in [0.3, 0.4) is 0 Å². The molecule has 1 saturated heterocycles. The number of piperidine rings is 1. The standard InChI is InChI=1S/C24H38N4O3/c1-18(2)16-28(24(19(3)29)12-9-13-25-17-24)23(30)22-26-20-10-5-6-11-21(20)27(22)14-7-8-15-31-4/h5-6,10-11,18-19,25,29H,7-9,12-17H2,1-4H3/t19?,24-/m1/s1. The van der Waals surface area contributed by atoms with Gasteiger partial charge in [-0.1, -0.05) is 26.0 Å². The first-order chi connectivity index (χ1) is 14.9. The van der Waals surface area contributed by atoms with Gasteiger partial charge in [0.15, 0.2) is 5.82 Å². The molecule has 0 spiro atoms. The highest BCUT2D eigenvalue weighted by Gasteiger charge is 2.46. The maximum atomic E-state index is 14.0. The Labute approximate surface area is 185 Å². The van der Waals surface area contributed by atoms with Crippen LogP contribution < -0.4 is 5.32 Å². The summed E-state index contributed by atoms with van der Waals surface area (Å²) in [5.74, 6) is 0.645. The Hall–Kier alpha value is -1.96. The predicted molar refractivity (Wildman–Crippen MR) is 123 cm³/mol. The van der Waals surface area contributed by atoms with Crippen molar-refractivity contribution in [3.8, 4) is 0 Å². The highest BCUT2D eigenvalue weighted by atomic mass is 16.5. The van der Waals surface area contributed by atoms with Crippen molar-refractivity contribution in [2.45, 2.75) is 64.6 Å². The van der Waals surface area contributed by atoms with Gasteiger partial charge < -0.3 is 24.6 Å². The fourth-order valence-corrected chi connectivity index (χ4v) is 4.66. The molecule has 0 bridgehead atoms. The third-order valence-electron chi connectivity index (χ3n) is 6.33. The van der Waals surface area contributed by atoms with E-state index in [1.165, 1.54) is 0 Å². The van der Waals surface area contributed by atoms with Crippen LogP contribution in [0.15, 0.2) is 24.3 Å². The summed E-state index contributed by atoms with van der Waals surface area (Å²) in [6.07, 6.45) is 2.91. The number of hydrogen-bond donors (Lipinski definition) is 2. The summed E-state index contributed by atoms with van der Waals surface area (Å²) in [5.41, 5.74) is 1.18. The molecule has 7 heteroatoms. The lowest BCUT2D eigenvalue weighted by Gasteiger charge is -2.49. The number of aryl methyl sites for hydroxylation is 1. The Morgan fingerprint density at radius 2 is 2.10 bits per heavy atom. The first kappa shape index (κ1) is 23.7. The number of methoxy groups -OCH3 is 1. The number of amides is 1. The molecule has 0 aliphatic carbocycles. The van der Waals surface area contributed by atoms with Crippen LogP contribution in [0, 0.1) is 5.92 Å². The molecule has 3 rings (SSSR count). The molecular formula is C24H38N4O3. The van der Waals surface area contributed by atoms with E-state index in [4.69, 9.17) is 9.72 Å². The van der Waals surface area contributed by atoms with Gasteiger partial charge in [0.1, 0.15) is 0 Å². The Bertz CT molecular complexity index is 856. The zero-order valence-electron chi connectivity index (χ0n) is 19.4. The number of imidazole rings is 1. The molecular weight excluding hydrogens is 392 g/mol. The van der Waals surface area contributed by atoms with E-state index >= 15 is 0 Å². The van der Waals surface area contributed by atoms with E-state index in [0.717, 1.165) is 43.3 Å². The normalized spacial score (nSPS) is 20.3. The van der Waals surface area contributed by atoms with Crippen LogP contribution in [0.5, 0.6) is 0 Å². The van der Waals surface area contributed by atoms with Gasteiger partial charge in [0.2, 0.25) is 0 Å². The Kier molecular flexibility index (Phi) is 8.08. The molecule has 2 atom stereocenters. The number of fused-ring (bicyclic) bond motifs is 1. The second-order valence-corrected chi connectivity index (χ2v) is 9.15. The highest BCUT2D eigenvalue weighted by Crippen LogP contribution is 2.31. The number of para-hydroxylation sites is 2. The van der Waals surface area contributed by atoms with E-state index in [1.54, 1.807) is 14.0 Å². The molecule has 2 aromatic rings. The first-order valence-corrected chi connectivity index (χ1v) is 11.6. The van der Waals surface area contributed by atoms with Gasteiger partial charge in [-0.15, -0.1) is 0 Å². The Morgan fingerprint density at radius 1 is 1.32 bits per heavy atom. The summed E-state index contributed by atoms with van der Waals surface area (Å²) in [6, 6.07) is 7.91. The summed E-state index contributed by atoms with van der Waals surface area (Å²) >= 11 is 0. The minimum atomic E-state index is -0.637. The van der Waals surface area contributed by atoms with Crippen LogP contribution in [0.1, 0.15) is 57.1 Å². The van der Waals surface area contributed by atoms with Gasteiger partial charge in [-0.05, 0) is 57.2 Å². The van der Waals surface area contributed by atoms with Crippen molar-refractivity contribution in [1.29, 1.82) is 0 Å². The number of aliphatic hydroxyl groups excluding tert-OH is 1. The van der Waals surface area contributed by atoms with Crippen molar-refractivity contribution in [3.05, 3.63) is 30.1 Å². The minimum absolute atomic E-state index is 0.0961. The number of nitrogens with zero attached hydrogens (tertiary/aromatic N) is 3. The molecule has 1 unspecified atom stereocenters. The van der Waals surface area contributed by atoms with Crippen molar-refractivity contribution in [1.82, 2.24) is 19.8 Å². The summed E-state index contributed by atoms with van der Waals surface area (Å²) in [5, 5.41) is 14.3. The van der Waals surface area contributed by atoms with Crippen molar-refractivity contribution in [3.63, 3.8) is 0 Å². The van der Waals surface area contributed by atoms with Crippen molar-refractivity contribution < 1.29 is 14.6 Å². The quantitative estimate of drug-likeness (QED) is 0.567.